The van der Waals surface area contributed by atoms with Gasteiger partial charge in [-0.25, -0.2) is 0 Å². The Labute approximate surface area is 191 Å². The van der Waals surface area contributed by atoms with Crippen LogP contribution in [-0.2, 0) is 25.9 Å². The maximum Gasteiger partial charge on any atom is 0.164 e. The van der Waals surface area contributed by atoms with E-state index in [9.17, 15) is 9.90 Å². The van der Waals surface area contributed by atoms with Crippen molar-refractivity contribution in [2.24, 2.45) is 10.8 Å². The minimum Gasteiger partial charge on any atom is -0.512 e. The van der Waals surface area contributed by atoms with Gasteiger partial charge in [-0.2, -0.15) is 10.3 Å². The van der Waals surface area contributed by atoms with Crippen molar-refractivity contribution in [1.29, 1.82) is 0 Å². The van der Waals surface area contributed by atoms with Gasteiger partial charge in [0.05, 0.1) is 11.5 Å². The number of allylic oxidation sites excluding steroid dienone is 2. The molecule has 0 saturated heterocycles. The Balaban J connectivity index is 0.000000299. The molecule has 3 rings (SSSR count). The van der Waals surface area contributed by atoms with Crippen LogP contribution in [0.4, 0.5) is 0 Å². The van der Waals surface area contributed by atoms with Crippen LogP contribution in [0, 0.1) is 17.0 Å². The molecule has 0 aliphatic carbocycles. The predicted octanol–water partition coefficient (Wildman–Crippen LogP) is 4.81. The first kappa shape index (κ1) is 25.5. The van der Waals surface area contributed by atoms with E-state index in [0.717, 1.165) is 5.69 Å². The van der Waals surface area contributed by atoms with Crippen molar-refractivity contribution in [1.82, 2.24) is 19.9 Å². The molecular weight excluding hydrogens is 563 g/mol. The third-order valence-corrected chi connectivity index (χ3v) is 3.95. The van der Waals surface area contributed by atoms with Gasteiger partial charge < -0.3 is 9.63 Å². The second kappa shape index (κ2) is 10.5. The topological polar surface area (TPSA) is 94.0 Å². The van der Waals surface area contributed by atoms with E-state index >= 15 is 0 Å². The van der Waals surface area contributed by atoms with Crippen LogP contribution in [0.5, 0.6) is 0 Å². The van der Waals surface area contributed by atoms with Crippen molar-refractivity contribution in [3.8, 4) is 17.1 Å². The zero-order valence-corrected chi connectivity index (χ0v) is 20.3. The fourth-order valence-corrected chi connectivity index (χ4v) is 2.02. The number of aliphatic hydroxyl groups is 1. The molecule has 0 aliphatic rings. The summed E-state index contributed by atoms with van der Waals surface area (Å²) in [6, 6.07) is 9.74. The maximum atomic E-state index is 11.5. The number of hydrogen-bond donors (Lipinski definition) is 1. The molecule has 2 aromatic heterocycles. The monoisotopic (exact) mass is 590 g/mol. The van der Waals surface area contributed by atoms with Gasteiger partial charge in [-0.05, 0) is 18.3 Å². The van der Waals surface area contributed by atoms with Gasteiger partial charge in [0.2, 0.25) is 0 Å². The zero-order valence-electron chi connectivity index (χ0n) is 18.0. The quantitative estimate of drug-likeness (QED) is 0.268. The largest absolute Gasteiger partial charge is 0.512 e. The van der Waals surface area contributed by atoms with Crippen molar-refractivity contribution in [2.45, 2.75) is 41.5 Å². The number of carbonyl (C=O) groups excluding carboxylic acids is 1. The summed E-state index contributed by atoms with van der Waals surface area (Å²) in [6.45, 7) is 11.1. The smallest absolute Gasteiger partial charge is 0.164 e. The van der Waals surface area contributed by atoms with Gasteiger partial charge in [0.1, 0.15) is 12.1 Å². The molecule has 0 radical (unpaired) electrons. The molecule has 8 heteroatoms. The van der Waals surface area contributed by atoms with Crippen molar-refractivity contribution >= 4 is 5.78 Å². The summed E-state index contributed by atoms with van der Waals surface area (Å²) < 4.78 is 6.45. The Hall–Kier alpha value is -2.53. The number of aliphatic hydroxyl groups excluding tert-OH is 1. The van der Waals surface area contributed by atoms with Crippen LogP contribution < -0.4 is 0 Å². The Kier molecular flexibility index (Phi) is 8.91. The molecule has 164 valence electrons. The zero-order chi connectivity index (χ0) is 21.7. The summed E-state index contributed by atoms with van der Waals surface area (Å²) in [5, 5.41) is 17.3. The fraction of sp³-hybridized carbons (Fsp3) is 0.364. The van der Waals surface area contributed by atoms with Crippen LogP contribution >= 0.6 is 0 Å². The van der Waals surface area contributed by atoms with Crippen LogP contribution in [0.15, 0.2) is 59.3 Å². The molecular formula is C22H27N4O3Pt-. The maximum absolute atomic E-state index is 11.5. The Morgan fingerprint density at radius 1 is 1.10 bits per heavy atom. The molecule has 1 N–H and O–H groups in total. The van der Waals surface area contributed by atoms with Gasteiger partial charge in [0.25, 0.3) is 0 Å². The van der Waals surface area contributed by atoms with Crippen LogP contribution in [-0.4, -0.2) is 30.8 Å². The molecule has 3 aromatic rings. The first-order valence-corrected chi connectivity index (χ1v) is 9.23. The van der Waals surface area contributed by atoms with Crippen LogP contribution in [0.25, 0.3) is 17.1 Å². The number of aromatic nitrogens is 4. The minimum atomic E-state index is -0.417. The standard InChI is InChI=1S/C11H7N4O.C11H20O2.Pt/c1-2-4-10(5-3-1)15-11(12-8-13-15)9-6-14-16-7-9;1-10(2,3)8(12)7-9(13)11(4,5)6;/h1-5,7-8H;7,12H,1-6H3;/q-1;;/b;8-7-;. The molecule has 2 heterocycles. The average molecular weight is 591 g/mol. The SMILES string of the molecule is CC(C)(C)C(=O)/C=C(\O)C(C)(C)C.[Pt].[c-]1nocc1-c1ncnn1-c1ccccc1. The second-order valence-electron chi connectivity index (χ2n) is 8.56. The van der Waals surface area contributed by atoms with Gasteiger partial charge in [0, 0.05) is 44.2 Å². The van der Waals surface area contributed by atoms with Crippen molar-refractivity contribution < 1.29 is 35.5 Å². The van der Waals surface area contributed by atoms with E-state index in [-0.39, 0.29) is 38.0 Å². The summed E-state index contributed by atoms with van der Waals surface area (Å²) in [6.07, 6.45) is 7.02. The molecule has 0 spiro atoms. The van der Waals surface area contributed by atoms with Crippen LogP contribution in [0.1, 0.15) is 41.5 Å². The molecule has 0 unspecified atom stereocenters. The number of rotatable bonds is 3. The predicted molar refractivity (Wildman–Crippen MR) is 110 cm³/mol. The van der Waals surface area contributed by atoms with Crippen molar-refractivity contribution in [3.05, 3.63) is 61.0 Å². The van der Waals surface area contributed by atoms with E-state index in [0.29, 0.717) is 11.4 Å². The van der Waals surface area contributed by atoms with Gasteiger partial charge in [0.15, 0.2) is 5.78 Å². The van der Waals surface area contributed by atoms with E-state index in [1.807, 2.05) is 71.9 Å². The number of hydrogen-bond acceptors (Lipinski definition) is 6. The molecule has 0 amide bonds. The van der Waals surface area contributed by atoms with Crippen molar-refractivity contribution in [3.63, 3.8) is 0 Å². The molecule has 7 nitrogen and oxygen atoms in total. The average Bonchev–Trinajstić information content (AvgIpc) is 3.32. The molecule has 0 atom stereocenters. The number of benzene rings is 1. The second-order valence-corrected chi connectivity index (χ2v) is 8.56. The van der Waals surface area contributed by atoms with Gasteiger partial charge in [-0.3, -0.25) is 14.5 Å². The summed E-state index contributed by atoms with van der Waals surface area (Å²) in [4.78, 5) is 15.6. The Morgan fingerprint density at radius 3 is 2.23 bits per heavy atom. The van der Waals surface area contributed by atoms with E-state index in [1.165, 1.54) is 18.7 Å². The van der Waals surface area contributed by atoms with Crippen LogP contribution in [0.2, 0.25) is 0 Å². The van der Waals surface area contributed by atoms with Gasteiger partial charge in [-0.1, -0.05) is 65.3 Å². The third-order valence-electron chi connectivity index (χ3n) is 3.95. The first-order chi connectivity index (χ1) is 13.5. The molecule has 0 saturated carbocycles. The van der Waals surface area contributed by atoms with Gasteiger partial charge >= 0.3 is 0 Å². The molecule has 0 bridgehead atoms. The summed E-state index contributed by atoms with van der Waals surface area (Å²) in [7, 11) is 0. The van der Waals surface area contributed by atoms with E-state index in [1.54, 1.807) is 4.68 Å². The van der Waals surface area contributed by atoms with Crippen molar-refractivity contribution in [2.75, 3.05) is 0 Å². The van der Waals surface area contributed by atoms with E-state index in [2.05, 4.69) is 21.4 Å². The normalized spacial score (nSPS) is 11.9. The van der Waals surface area contributed by atoms with E-state index in [4.69, 9.17) is 4.52 Å². The minimum absolute atomic E-state index is 0. The number of ketones is 1. The van der Waals surface area contributed by atoms with E-state index < -0.39 is 5.41 Å². The fourth-order valence-electron chi connectivity index (χ4n) is 2.02. The molecule has 1 aromatic carbocycles. The Bertz CT molecular complexity index is 950. The number of nitrogens with zero attached hydrogens (tertiary/aromatic N) is 4. The van der Waals surface area contributed by atoms with Gasteiger partial charge in [-0.15, -0.1) is 0 Å². The molecule has 0 fully saturated rings. The molecule has 30 heavy (non-hydrogen) atoms. The number of carbonyl (C=O) groups is 1. The Morgan fingerprint density at radius 2 is 1.73 bits per heavy atom. The summed E-state index contributed by atoms with van der Waals surface area (Å²) >= 11 is 0. The van der Waals surface area contributed by atoms with Crippen LogP contribution in [0.3, 0.4) is 0 Å². The summed E-state index contributed by atoms with van der Waals surface area (Å²) in [5.41, 5.74) is 0.853. The molecule has 0 aliphatic heterocycles. The number of para-hydroxylation sites is 1. The first-order valence-electron chi connectivity index (χ1n) is 9.23. The third kappa shape index (κ3) is 7.06. The summed E-state index contributed by atoms with van der Waals surface area (Å²) in [5.74, 6) is 0.764.